The van der Waals surface area contributed by atoms with Crippen molar-refractivity contribution in [2.45, 2.75) is 45.1 Å². The van der Waals surface area contributed by atoms with Crippen LogP contribution in [0.25, 0.3) is 0 Å². The van der Waals surface area contributed by atoms with Crippen molar-refractivity contribution in [1.82, 2.24) is 10.2 Å². The van der Waals surface area contributed by atoms with Crippen LogP contribution >= 0.6 is 15.9 Å². The highest BCUT2D eigenvalue weighted by Crippen LogP contribution is 2.37. The Balaban J connectivity index is 1.72. The van der Waals surface area contributed by atoms with E-state index in [1.165, 1.54) is 62.8 Å². The van der Waals surface area contributed by atoms with Gasteiger partial charge in [0.05, 0.1) is 0 Å². The van der Waals surface area contributed by atoms with E-state index in [-0.39, 0.29) is 0 Å². The molecule has 1 aliphatic carbocycles. The molecule has 2 nitrogen and oxygen atoms in total. The second-order valence-electron chi connectivity index (χ2n) is 6.60. The van der Waals surface area contributed by atoms with Crippen LogP contribution in [-0.4, -0.2) is 31.1 Å². The average Bonchev–Trinajstić information content (AvgIpc) is 2.90. The number of nitrogens with one attached hydrogen (secondary N) is 1. The summed E-state index contributed by atoms with van der Waals surface area (Å²) in [5.41, 5.74) is 3.13. The zero-order chi connectivity index (χ0) is 14.7. The van der Waals surface area contributed by atoms with Crippen molar-refractivity contribution >= 4 is 15.9 Å². The summed E-state index contributed by atoms with van der Waals surface area (Å²) < 4.78 is 1.22. The second-order valence-corrected chi connectivity index (χ2v) is 7.52. The molecule has 0 aromatic heterocycles. The van der Waals surface area contributed by atoms with E-state index in [2.05, 4.69) is 51.3 Å². The summed E-state index contributed by atoms with van der Waals surface area (Å²) in [4.78, 5) is 2.76. The average molecular weight is 351 g/mol. The number of halogens is 1. The third kappa shape index (κ3) is 3.69. The molecule has 0 spiro atoms. The lowest BCUT2D eigenvalue weighted by atomic mass is 9.97. The molecule has 1 aromatic carbocycles. The van der Waals surface area contributed by atoms with Crippen molar-refractivity contribution in [2.24, 2.45) is 5.92 Å². The molecule has 1 N–H and O–H groups in total. The summed E-state index contributed by atoms with van der Waals surface area (Å²) in [7, 11) is 0. The zero-order valence-electron chi connectivity index (χ0n) is 13.1. The lowest BCUT2D eigenvalue weighted by Crippen LogP contribution is -2.39. The Hall–Kier alpha value is -0.380. The van der Waals surface area contributed by atoms with Gasteiger partial charge in [-0.1, -0.05) is 28.9 Å². The predicted octanol–water partition coefficient (Wildman–Crippen LogP) is 4.15. The Bertz CT molecular complexity index is 468. The topological polar surface area (TPSA) is 15.3 Å². The fourth-order valence-electron chi connectivity index (χ4n) is 4.02. The van der Waals surface area contributed by atoms with Gasteiger partial charge in [-0.3, -0.25) is 4.90 Å². The number of hydrogen-bond acceptors (Lipinski definition) is 2. The minimum absolute atomic E-state index is 0.648. The van der Waals surface area contributed by atoms with Crippen LogP contribution < -0.4 is 5.32 Å². The van der Waals surface area contributed by atoms with Crippen molar-refractivity contribution in [1.29, 1.82) is 0 Å². The first kappa shape index (κ1) is 15.5. The van der Waals surface area contributed by atoms with E-state index in [1.807, 2.05) is 0 Å². The van der Waals surface area contributed by atoms with E-state index in [0.29, 0.717) is 6.04 Å². The van der Waals surface area contributed by atoms with Gasteiger partial charge in [-0.05, 0) is 80.9 Å². The molecule has 2 aliphatic rings. The number of hydrogen-bond donors (Lipinski definition) is 1. The maximum atomic E-state index is 3.61. The van der Waals surface area contributed by atoms with E-state index >= 15 is 0 Å². The monoisotopic (exact) mass is 350 g/mol. The van der Waals surface area contributed by atoms with Gasteiger partial charge in [-0.2, -0.15) is 0 Å². The summed E-state index contributed by atoms with van der Waals surface area (Å²) in [6.45, 7) is 7.23. The van der Waals surface area contributed by atoms with E-state index in [4.69, 9.17) is 0 Å². The molecule has 0 saturated carbocycles. The molecule has 0 amide bonds. The van der Waals surface area contributed by atoms with E-state index < -0.39 is 0 Å². The minimum atomic E-state index is 0.648. The second kappa shape index (κ2) is 7.26. The quantitative estimate of drug-likeness (QED) is 0.857. The standard InChI is InChI=1S/C18H27BrN2/c1-2-10-21(13-14-4-3-9-20-12-14)18-8-5-15-11-16(19)6-7-17(15)18/h6-7,11,14,18,20H,2-5,8-10,12-13H2,1H3. The first-order valence-corrected chi connectivity index (χ1v) is 9.30. The highest BCUT2D eigenvalue weighted by Gasteiger charge is 2.29. The van der Waals surface area contributed by atoms with Crippen LogP contribution in [0.1, 0.15) is 49.8 Å². The summed E-state index contributed by atoms with van der Waals surface area (Å²) in [5.74, 6) is 0.838. The van der Waals surface area contributed by atoms with E-state index in [1.54, 1.807) is 11.1 Å². The summed E-state index contributed by atoms with van der Waals surface area (Å²) in [5, 5.41) is 3.57. The van der Waals surface area contributed by atoms with Gasteiger partial charge in [0, 0.05) is 17.1 Å². The first-order chi connectivity index (χ1) is 10.3. The molecular weight excluding hydrogens is 324 g/mol. The molecule has 2 atom stereocenters. The molecule has 1 fully saturated rings. The Morgan fingerprint density at radius 3 is 3.00 bits per heavy atom. The maximum absolute atomic E-state index is 3.61. The lowest BCUT2D eigenvalue weighted by molar-refractivity contribution is 0.153. The highest BCUT2D eigenvalue weighted by atomic mass is 79.9. The van der Waals surface area contributed by atoms with Crippen LogP contribution in [0.3, 0.4) is 0 Å². The summed E-state index contributed by atoms with van der Waals surface area (Å²) >= 11 is 3.61. The van der Waals surface area contributed by atoms with Gasteiger partial charge in [0.2, 0.25) is 0 Å². The number of rotatable bonds is 5. The van der Waals surface area contributed by atoms with Gasteiger partial charge in [-0.15, -0.1) is 0 Å². The number of nitrogens with zero attached hydrogens (tertiary/aromatic N) is 1. The molecule has 116 valence electrons. The summed E-state index contributed by atoms with van der Waals surface area (Å²) in [6, 6.07) is 7.53. The van der Waals surface area contributed by atoms with Crippen LogP contribution in [0.4, 0.5) is 0 Å². The smallest absolute Gasteiger partial charge is 0.0354 e. The van der Waals surface area contributed by atoms with Crippen LogP contribution in [0.5, 0.6) is 0 Å². The Morgan fingerprint density at radius 1 is 1.33 bits per heavy atom. The normalized spacial score (nSPS) is 25.3. The SMILES string of the molecule is CCCN(CC1CCCNC1)C1CCc2cc(Br)ccc21. The predicted molar refractivity (Wildman–Crippen MR) is 92.7 cm³/mol. The van der Waals surface area contributed by atoms with Crippen molar-refractivity contribution < 1.29 is 0 Å². The molecule has 21 heavy (non-hydrogen) atoms. The van der Waals surface area contributed by atoms with Crippen molar-refractivity contribution in [3.8, 4) is 0 Å². The molecule has 1 aromatic rings. The first-order valence-electron chi connectivity index (χ1n) is 8.51. The third-order valence-corrected chi connectivity index (χ3v) is 5.49. The fraction of sp³-hybridized carbons (Fsp3) is 0.667. The largest absolute Gasteiger partial charge is 0.316 e. The van der Waals surface area contributed by atoms with Crippen LogP contribution in [-0.2, 0) is 6.42 Å². The van der Waals surface area contributed by atoms with Crippen LogP contribution in [0.15, 0.2) is 22.7 Å². The molecule has 1 saturated heterocycles. The van der Waals surface area contributed by atoms with E-state index in [9.17, 15) is 0 Å². The molecular formula is C18H27BrN2. The zero-order valence-corrected chi connectivity index (χ0v) is 14.7. The molecule has 3 rings (SSSR count). The molecule has 3 heteroatoms. The van der Waals surface area contributed by atoms with Gasteiger partial charge in [-0.25, -0.2) is 0 Å². The van der Waals surface area contributed by atoms with Crippen molar-refractivity contribution in [2.75, 3.05) is 26.2 Å². The summed E-state index contributed by atoms with van der Waals surface area (Å²) in [6.07, 6.45) is 6.53. The maximum Gasteiger partial charge on any atom is 0.0354 e. The van der Waals surface area contributed by atoms with Gasteiger partial charge in [0.1, 0.15) is 0 Å². The fourth-order valence-corrected chi connectivity index (χ4v) is 4.42. The Kier molecular flexibility index (Phi) is 5.36. The van der Waals surface area contributed by atoms with Crippen molar-refractivity contribution in [3.05, 3.63) is 33.8 Å². The third-order valence-electron chi connectivity index (χ3n) is 4.99. The Labute approximate surface area is 137 Å². The molecule has 1 heterocycles. The van der Waals surface area contributed by atoms with E-state index in [0.717, 1.165) is 5.92 Å². The number of fused-ring (bicyclic) bond motifs is 1. The molecule has 2 unspecified atom stereocenters. The van der Waals surface area contributed by atoms with Crippen LogP contribution in [0.2, 0.25) is 0 Å². The number of piperidine rings is 1. The van der Waals surface area contributed by atoms with Gasteiger partial charge in [0.15, 0.2) is 0 Å². The number of aryl methyl sites for hydroxylation is 1. The number of benzene rings is 1. The molecule has 0 radical (unpaired) electrons. The van der Waals surface area contributed by atoms with Crippen molar-refractivity contribution in [3.63, 3.8) is 0 Å². The van der Waals surface area contributed by atoms with Gasteiger partial charge < -0.3 is 5.32 Å². The van der Waals surface area contributed by atoms with Gasteiger partial charge in [0.25, 0.3) is 0 Å². The molecule has 0 bridgehead atoms. The van der Waals surface area contributed by atoms with Crippen LogP contribution in [0, 0.1) is 5.92 Å². The highest BCUT2D eigenvalue weighted by molar-refractivity contribution is 9.10. The molecule has 1 aliphatic heterocycles. The lowest BCUT2D eigenvalue weighted by Gasteiger charge is -2.34. The Morgan fingerprint density at radius 2 is 2.24 bits per heavy atom. The van der Waals surface area contributed by atoms with Gasteiger partial charge >= 0.3 is 0 Å². The minimum Gasteiger partial charge on any atom is -0.316 e.